The Kier molecular flexibility index (Phi) is 11.4. The fourth-order valence-electron chi connectivity index (χ4n) is 7.68. The zero-order valence-corrected chi connectivity index (χ0v) is 33.1. The average molecular weight is 783 g/mol. The van der Waals surface area contributed by atoms with Crippen LogP contribution < -0.4 is 25.0 Å². The molecule has 5 heterocycles. The minimum atomic E-state index is -0.332. The van der Waals surface area contributed by atoms with Crippen LogP contribution in [0, 0.1) is 0 Å². The lowest BCUT2D eigenvalue weighted by molar-refractivity contribution is -0.165. The van der Waals surface area contributed by atoms with Crippen LogP contribution in [0.3, 0.4) is 0 Å². The summed E-state index contributed by atoms with van der Waals surface area (Å²) in [7, 11) is 0. The highest BCUT2D eigenvalue weighted by molar-refractivity contribution is 6.32. The minimum absolute atomic E-state index is 0.177. The van der Waals surface area contributed by atoms with Crippen molar-refractivity contribution < 1.29 is 23.7 Å². The Hall–Kier alpha value is -4.85. The van der Waals surface area contributed by atoms with Gasteiger partial charge in [0, 0.05) is 37.2 Å². The molecule has 2 amide bonds. The highest BCUT2D eigenvalue weighted by Crippen LogP contribution is 2.39. The molecule has 2 saturated heterocycles. The SMILES string of the molecule is CC(C)(C)c1cc(NC(=O)N[C@H]2CC[C@@H](Oc3ccc4nnc(N5CCCCC5)n4c3)c3ccccc32)n(-c2ccc(Cl)c(OCCOC3CCCCO3)c2)n1. The minimum Gasteiger partial charge on any atom is -0.490 e. The van der Waals surface area contributed by atoms with Gasteiger partial charge < -0.3 is 29.2 Å². The molecule has 296 valence electrons. The number of aromatic nitrogens is 5. The second-order valence-corrected chi connectivity index (χ2v) is 16.2. The van der Waals surface area contributed by atoms with E-state index in [1.54, 1.807) is 10.7 Å². The molecule has 8 rings (SSSR count). The highest BCUT2D eigenvalue weighted by atomic mass is 35.5. The summed E-state index contributed by atoms with van der Waals surface area (Å²) in [4.78, 5) is 16.1. The second kappa shape index (κ2) is 16.7. The maximum atomic E-state index is 13.8. The van der Waals surface area contributed by atoms with E-state index in [2.05, 4.69) is 58.6 Å². The van der Waals surface area contributed by atoms with Crippen LogP contribution in [-0.2, 0) is 14.9 Å². The maximum absolute atomic E-state index is 13.8. The van der Waals surface area contributed by atoms with E-state index in [0.29, 0.717) is 41.9 Å². The van der Waals surface area contributed by atoms with E-state index in [0.717, 1.165) is 92.4 Å². The first kappa shape index (κ1) is 38.0. The lowest BCUT2D eigenvalue weighted by Gasteiger charge is -2.32. The van der Waals surface area contributed by atoms with Crippen molar-refractivity contribution in [1.29, 1.82) is 0 Å². The fourth-order valence-corrected chi connectivity index (χ4v) is 7.85. The summed E-state index contributed by atoms with van der Waals surface area (Å²) < 4.78 is 27.9. The summed E-state index contributed by atoms with van der Waals surface area (Å²) in [5.41, 5.74) is 4.12. The van der Waals surface area contributed by atoms with Gasteiger partial charge in [0.15, 0.2) is 11.9 Å². The van der Waals surface area contributed by atoms with E-state index in [1.807, 2.05) is 53.1 Å². The Morgan fingerprint density at radius 3 is 2.57 bits per heavy atom. The van der Waals surface area contributed by atoms with Gasteiger partial charge in [-0.2, -0.15) is 5.10 Å². The largest absolute Gasteiger partial charge is 0.490 e. The number of nitrogens with one attached hydrogen (secondary N) is 2. The number of carbonyl (C=O) groups excluding carboxylic acids is 1. The van der Waals surface area contributed by atoms with Crippen molar-refractivity contribution in [2.75, 3.05) is 43.1 Å². The molecule has 0 radical (unpaired) electrons. The molecule has 1 aliphatic carbocycles. The van der Waals surface area contributed by atoms with Crippen LogP contribution in [0.25, 0.3) is 11.3 Å². The number of benzene rings is 2. The number of rotatable bonds is 11. The number of nitrogens with zero attached hydrogens (tertiary/aromatic N) is 6. The number of hydrogen-bond donors (Lipinski definition) is 2. The molecule has 3 atom stereocenters. The lowest BCUT2D eigenvalue weighted by atomic mass is 9.85. The van der Waals surface area contributed by atoms with Gasteiger partial charge in [0.25, 0.3) is 0 Å². The van der Waals surface area contributed by atoms with Crippen LogP contribution in [-0.4, -0.2) is 69.6 Å². The van der Waals surface area contributed by atoms with Gasteiger partial charge in [-0.3, -0.25) is 9.72 Å². The van der Waals surface area contributed by atoms with Crippen molar-refractivity contribution in [3.05, 3.63) is 88.7 Å². The molecule has 0 saturated carbocycles. The smallest absolute Gasteiger partial charge is 0.320 e. The van der Waals surface area contributed by atoms with Crippen LogP contribution >= 0.6 is 11.6 Å². The van der Waals surface area contributed by atoms with Crippen molar-refractivity contribution >= 4 is 35.0 Å². The fraction of sp³-hybridized carbons (Fsp3) is 0.476. The molecule has 2 N–H and O–H groups in total. The Bertz CT molecular complexity index is 2130. The Morgan fingerprint density at radius 2 is 1.77 bits per heavy atom. The number of piperidine rings is 1. The Balaban J connectivity index is 0.955. The number of carbonyl (C=O) groups is 1. The molecule has 14 heteroatoms. The molecule has 5 aromatic rings. The number of anilines is 2. The molecular formula is C42H51ClN8O5. The van der Waals surface area contributed by atoms with Gasteiger partial charge in [-0.1, -0.05) is 56.6 Å². The molecule has 0 spiro atoms. The quantitative estimate of drug-likeness (QED) is 0.127. The van der Waals surface area contributed by atoms with Gasteiger partial charge in [0.2, 0.25) is 5.95 Å². The van der Waals surface area contributed by atoms with Gasteiger partial charge in [-0.15, -0.1) is 10.2 Å². The van der Waals surface area contributed by atoms with E-state index in [9.17, 15) is 4.79 Å². The monoisotopic (exact) mass is 782 g/mol. The van der Waals surface area contributed by atoms with E-state index < -0.39 is 0 Å². The van der Waals surface area contributed by atoms with Crippen LogP contribution in [0.15, 0.2) is 66.9 Å². The summed E-state index contributed by atoms with van der Waals surface area (Å²) in [5, 5.41) is 20.6. The molecule has 56 heavy (non-hydrogen) atoms. The second-order valence-electron chi connectivity index (χ2n) is 15.8. The van der Waals surface area contributed by atoms with E-state index in [1.165, 1.54) is 6.42 Å². The van der Waals surface area contributed by atoms with Crippen molar-refractivity contribution in [1.82, 2.24) is 29.7 Å². The van der Waals surface area contributed by atoms with Crippen molar-refractivity contribution in [2.45, 2.75) is 96.0 Å². The lowest BCUT2D eigenvalue weighted by Crippen LogP contribution is -2.36. The first-order valence-corrected chi connectivity index (χ1v) is 20.3. The number of amides is 2. The first-order chi connectivity index (χ1) is 27.2. The van der Waals surface area contributed by atoms with Crippen LogP contribution in [0.1, 0.15) is 101 Å². The number of fused-ring (bicyclic) bond motifs is 2. The number of pyridine rings is 1. The van der Waals surface area contributed by atoms with E-state index in [-0.39, 0.29) is 29.9 Å². The predicted octanol–water partition coefficient (Wildman–Crippen LogP) is 8.55. The third-order valence-corrected chi connectivity index (χ3v) is 11.0. The van der Waals surface area contributed by atoms with Crippen molar-refractivity contribution in [3.63, 3.8) is 0 Å². The van der Waals surface area contributed by atoms with E-state index in [4.69, 9.17) is 35.6 Å². The van der Waals surface area contributed by atoms with E-state index >= 15 is 0 Å². The summed E-state index contributed by atoms with van der Waals surface area (Å²) in [6.07, 6.45) is 9.66. The average Bonchev–Trinajstić information content (AvgIpc) is 3.83. The number of urea groups is 1. The third-order valence-electron chi connectivity index (χ3n) is 10.7. The molecule has 3 aromatic heterocycles. The van der Waals surface area contributed by atoms with Crippen molar-refractivity contribution in [3.8, 4) is 17.2 Å². The molecule has 0 bridgehead atoms. The molecule has 13 nitrogen and oxygen atoms in total. The Morgan fingerprint density at radius 1 is 0.929 bits per heavy atom. The topological polar surface area (TPSA) is 129 Å². The third kappa shape index (κ3) is 8.59. The normalized spacial score (nSPS) is 20.1. The number of hydrogen-bond acceptors (Lipinski definition) is 9. The van der Waals surface area contributed by atoms with Gasteiger partial charge in [-0.25, -0.2) is 9.48 Å². The van der Waals surface area contributed by atoms with Crippen LogP contribution in [0.4, 0.5) is 16.6 Å². The summed E-state index contributed by atoms with van der Waals surface area (Å²) in [6.45, 7) is 9.64. The summed E-state index contributed by atoms with van der Waals surface area (Å²) in [6, 6.07) is 18.9. The maximum Gasteiger partial charge on any atom is 0.320 e. The number of ether oxygens (including phenoxy) is 4. The molecule has 2 aromatic carbocycles. The highest BCUT2D eigenvalue weighted by Gasteiger charge is 2.30. The van der Waals surface area contributed by atoms with Crippen LogP contribution in [0.2, 0.25) is 5.02 Å². The molecule has 1 unspecified atom stereocenters. The molecule has 2 aliphatic heterocycles. The Labute approximate surface area is 332 Å². The summed E-state index contributed by atoms with van der Waals surface area (Å²) >= 11 is 6.56. The van der Waals surface area contributed by atoms with Gasteiger partial charge in [-0.05, 0) is 86.8 Å². The van der Waals surface area contributed by atoms with Gasteiger partial charge in [0.1, 0.15) is 30.0 Å². The number of halogens is 1. The standard InChI is InChI=1S/C42H51ClN8O5/c1-42(2,3)36-26-38(51(48-36)28-14-16-32(43)35(25-28)53-23-24-55-39-13-7-10-22-54-39)45-40(52)44-33-17-18-34(31-12-6-5-11-30(31)33)56-29-15-19-37-46-47-41(50(37)27-29)49-20-8-4-9-21-49/h5-6,11-12,14-16,19,25-27,33-34,39H,4,7-10,13,17-18,20-24H2,1-3H3,(H2,44,45,52)/t33-,34+,39?/m0/s1. The summed E-state index contributed by atoms with van der Waals surface area (Å²) in [5.74, 6) is 2.63. The first-order valence-electron chi connectivity index (χ1n) is 19.9. The van der Waals surface area contributed by atoms with Crippen LogP contribution in [0.5, 0.6) is 11.5 Å². The predicted molar refractivity (Wildman–Crippen MR) is 215 cm³/mol. The van der Waals surface area contributed by atoms with Gasteiger partial charge >= 0.3 is 6.03 Å². The van der Waals surface area contributed by atoms with Crippen molar-refractivity contribution in [2.24, 2.45) is 0 Å². The zero-order valence-electron chi connectivity index (χ0n) is 32.4. The molecule has 2 fully saturated rings. The molecular weight excluding hydrogens is 732 g/mol. The van der Waals surface area contributed by atoms with Gasteiger partial charge in [0.05, 0.1) is 35.2 Å². The zero-order chi connectivity index (χ0) is 38.6. The molecule has 3 aliphatic rings.